The van der Waals surface area contributed by atoms with Crippen LogP contribution >= 0.6 is 0 Å². The van der Waals surface area contributed by atoms with Crippen LogP contribution in [0.25, 0.3) is 16.6 Å². The number of nitrogens with zero attached hydrogens (tertiary/aromatic N) is 6. The molecule has 8 nitrogen and oxygen atoms in total. The number of H-pyrrole nitrogens is 1. The molecule has 3 aromatic heterocycles. The first kappa shape index (κ1) is 21.8. The van der Waals surface area contributed by atoms with E-state index in [0.29, 0.717) is 5.92 Å². The second kappa shape index (κ2) is 8.83. The van der Waals surface area contributed by atoms with Gasteiger partial charge in [-0.3, -0.25) is 4.79 Å². The quantitative estimate of drug-likeness (QED) is 0.449. The number of para-hydroxylation sites is 1. The van der Waals surface area contributed by atoms with Gasteiger partial charge >= 0.3 is 0 Å². The van der Waals surface area contributed by atoms with Gasteiger partial charge in [-0.15, -0.1) is 0 Å². The van der Waals surface area contributed by atoms with E-state index in [1.165, 1.54) is 0 Å². The third-order valence-electron chi connectivity index (χ3n) is 7.43. The highest BCUT2D eigenvalue weighted by Gasteiger charge is 2.32. The van der Waals surface area contributed by atoms with Gasteiger partial charge in [0.15, 0.2) is 5.65 Å². The van der Waals surface area contributed by atoms with Crippen LogP contribution in [0, 0.1) is 12.8 Å². The zero-order valence-corrected chi connectivity index (χ0v) is 20.3. The number of anilines is 1. The van der Waals surface area contributed by atoms with Crippen molar-refractivity contribution in [3.05, 3.63) is 59.5 Å². The first-order valence-corrected chi connectivity index (χ1v) is 12.5. The molecule has 2 unspecified atom stereocenters. The van der Waals surface area contributed by atoms with E-state index < -0.39 is 0 Å². The van der Waals surface area contributed by atoms with Gasteiger partial charge in [-0.05, 0) is 44.7 Å². The number of carbonyl (C=O) groups is 1. The van der Waals surface area contributed by atoms with Gasteiger partial charge in [0.25, 0.3) is 5.91 Å². The SMILES string of the molecule is CN=CC1CCN(c2nc3cc(C4CCCCN4C(=O)c4cccc5cc[nH]c45)nn3cc2C)C1. The number of hydrogen-bond donors (Lipinski definition) is 1. The topological polar surface area (TPSA) is 81.9 Å². The van der Waals surface area contributed by atoms with Crippen molar-refractivity contribution in [3.63, 3.8) is 0 Å². The van der Waals surface area contributed by atoms with Crippen molar-refractivity contribution in [3.8, 4) is 0 Å². The molecule has 0 aliphatic carbocycles. The lowest BCUT2D eigenvalue weighted by Gasteiger charge is -2.35. The molecule has 35 heavy (non-hydrogen) atoms. The van der Waals surface area contributed by atoms with Crippen LogP contribution in [-0.4, -0.2) is 63.3 Å². The number of aliphatic imine (C=N–C) groups is 1. The summed E-state index contributed by atoms with van der Waals surface area (Å²) in [6, 6.07) is 9.92. The summed E-state index contributed by atoms with van der Waals surface area (Å²) in [5.74, 6) is 1.56. The molecule has 2 saturated heterocycles. The van der Waals surface area contributed by atoms with Gasteiger partial charge < -0.3 is 19.8 Å². The number of likely N-dealkylation sites (tertiary alicyclic amines) is 1. The molecule has 1 amide bonds. The van der Waals surface area contributed by atoms with E-state index in [0.717, 1.165) is 84.5 Å². The predicted molar refractivity (Wildman–Crippen MR) is 138 cm³/mol. The Bertz CT molecular complexity index is 1420. The fraction of sp³-hybridized carbons (Fsp3) is 0.407. The molecular weight excluding hydrogens is 438 g/mol. The highest BCUT2D eigenvalue weighted by molar-refractivity contribution is 6.05. The van der Waals surface area contributed by atoms with E-state index in [-0.39, 0.29) is 11.9 Å². The van der Waals surface area contributed by atoms with E-state index in [1.807, 2.05) is 53.1 Å². The van der Waals surface area contributed by atoms with Crippen molar-refractivity contribution >= 4 is 34.5 Å². The smallest absolute Gasteiger partial charge is 0.256 e. The van der Waals surface area contributed by atoms with E-state index in [1.54, 1.807) is 0 Å². The van der Waals surface area contributed by atoms with Gasteiger partial charge in [0.1, 0.15) is 5.82 Å². The third-order valence-corrected chi connectivity index (χ3v) is 7.43. The van der Waals surface area contributed by atoms with Crippen LogP contribution in [0.2, 0.25) is 0 Å². The highest BCUT2D eigenvalue weighted by Crippen LogP contribution is 2.34. The summed E-state index contributed by atoms with van der Waals surface area (Å²) in [4.78, 5) is 30.5. The fourth-order valence-electron chi connectivity index (χ4n) is 5.71. The summed E-state index contributed by atoms with van der Waals surface area (Å²) in [7, 11) is 1.84. The van der Waals surface area contributed by atoms with Gasteiger partial charge in [-0.25, -0.2) is 9.50 Å². The van der Waals surface area contributed by atoms with E-state index in [9.17, 15) is 4.79 Å². The number of piperidine rings is 1. The summed E-state index contributed by atoms with van der Waals surface area (Å²) in [5.41, 5.74) is 4.47. The van der Waals surface area contributed by atoms with Gasteiger partial charge in [0.2, 0.25) is 0 Å². The zero-order valence-electron chi connectivity index (χ0n) is 20.3. The second-order valence-electron chi connectivity index (χ2n) is 9.78. The molecule has 1 N–H and O–H groups in total. The highest BCUT2D eigenvalue weighted by atomic mass is 16.2. The van der Waals surface area contributed by atoms with Gasteiger partial charge in [0.05, 0.1) is 22.8 Å². The van der Waals surface area contributed by atoms with Crippen molar-refractivity contribution in [2.24, 2.45) is 10.9 Å². The Hall–Kier alpha value is -3.68. The molecule has 1 aromatic carbocycles. The molecule has 0 saturated carbocycles. The first-order valence-electron chi connectivity index (χ1n) is 12.5. The minimum atomic E-state index is -0.0520. The van der Waals surface area contributed by atoms with E-state index >= 15 is 0 Å². The second-order valence-corrected chi connectivity index (χ2v) is 9.78. The van der Waals surface area contributed by atoms with Crippen molar-refractivity contribution < 1.29 is 4.79 Å². The Balaban J connectivity index is 1.32. The third kappa shape index (κ3) is 3.87. The molecule has 2 aliphatic heterocycles. The maximum absolute atomic E-state index is 13.7. The molecule has 180 valence electrons. The summed E-state index contributed by atoms with van der Waals surface area (Å²) in [6.45, 7) is 4.76. The molecular formula is C27H31N7O. The summed E-state index contributed by atoms with van der Waals surface area (Å²) in [5, 5.41) is 5.96. The summed E-state index contributed by atoms with van der Waals surface area (Å²) < 4.78 is 1.87. The van der Waals surface area contributed by atoms with Crippen molar-refractivity contribution in [1.29, 1.82) is 0 Å². The fourth-order valence-corrected chi connectivity index (χ4v) is 5.71. The Morgan fingerprint density at radius 1 is 1.20 bits per heavy atom. The van der Waals surface area contributed by atoms with Gasteiger partial charge in [0, 0.05) is 68.2 Å². The number of rotatable bonds is 4. The largest absolute Gasteiger partial charge is 0.361 e. The van der Waals surface area contributed by atoms with Crippen LogP contribution < -0.4 is 4.90 Å². The molecule has 4 aromatic rings. The maximum atomic E-state index is 13.7. The number of fused-ring (bicyclic) bond motifs is 2. The molecule has 0 radical (unpaired) electrons. The molecule has 6 rings (SSSR count). The average Bonchev–Trinajstić information content (AvgIpc) is 3.62. The number of carbonyl (C=O) groups excluding carboxylic acids is 1. The Labute approximate surface area is 204 Å². The normalized spacial score (nSPS) is 21.1. The van der Waals surface area contributed by atoms with Crippen molar-refractivity contribution in [1.82, 2.24) is 24.5 Å². The van der Waals surface area contributed by atoms with Crippen LogP contribution in [0.15, 0.2) is 47.7 Å². The summed E-state index contributed by atoms with van der Waals surface area (Å²) >= 11 is 0. The predicted octanol–water partition coefficient (Wildman–Crippen LogP) is 4.41. The maximum Gasteiger partial charge on any atom is 0.256 e. The van der Waals surface area contributed by atoms with Crippen molar-refractivity contribution in [2.75, 3.05) is 31.6 Å². The minimum Gasteiger partial charge on any atom is -0.361 e. The number of nitrogens with one attached hydrogen (secondary N) is 1. The lowest BCUT2D eigenvalue weighted by Crippen LogP contribution is -2.38. The average molecular weight is 470 g/mol. The van der Waals surface area contributed by atoms with Crippen LogP contribution in [0.5, 0.6) is 0 Å². The molecule has 8 heteroatoms. The van der Waals surface area contributed by atoms with Gasteiger partial charge in [-0.2, -0.15) is 5.10 Å². The Morgan fingerprint density at radius 2 is 2.11 bits per heavy atom. The monoisotopic (exact) mass is 469 g/mol. The lowest BCUT2D eigenvalue weighted by atomic mass is 9.98. The molecule has 2 fully saturated rings. The standard InChI is InChI=1S/C27H31N7O/c1-18-16-34-24(30-26(18)32-13-10-19(17-32)15-28-2)14-22(31-34)23-8-3-4-12-33(23)27(35)21-7-5-6-20-9-11-29-25(20)21/h5-7,9,11,14-16,19,23,29H,3-4,8,10,12-13,17H2,1-2H3. The molecule has 2 atom stereocenters. The number of hydrogen-bond acceptors (Lipinski definition) is 5. The van der Waals surface area contributed by atoms with Crippen LogP contribution in [0.1, 0.15) is 53.3 Å². The Morgan fingerprint density at radius 3 is 3.00 bits per heavy atom. The number of benzene rings is 1. The number of aryl methyl sites for hydroxylation is 1. The summed E-state index contributed by atoms with van der Waals surface area (Å²) in [6.07, 6.45) is 10.1. The zero-order chi connectivity index (χ0) is 23.9. The number of aromatic nitrogens is 4. The molecule has 2 aliphatic rings. The Kier molecular flexibility index (Phi) is 5.51. The molecule has 0 bridgehead atoms. The minimum absolute atomic E-state index is 0.0520. The van der Waals surface area contributed by atoms with Crippen molar-refractivity contribution in [2.45, 2.75) is 38.6 Å². The number of amides is 1. The molecule has 0 spiro atoms. The van der Waals surface area contributed by atoms with Gasteiger partial charge in [-0.1, -0.05) is 12.1 Å². The van der Waals surface area contributed by atoms with E-state index in [2.05, 4.69) is 34.1 Å². The lowest BCUT2D eigenvalue weighted by molar-refractivity contribution is 0.0607. The van der Waals surface area contributed by atoms with Crippen LogP contribution in [0.3, 0.4) is 0 Å². The van der Waals surface area contributed by atoms with Crippen LogP contribution in [0.4, 0.5) is 5.82 Å². The molecule has 5 heterocycles. The number of aromatic amines is 1. The first-order chi connectivity index (χ1) is 17.1. The van der Waals surface area contributed by atoms with E-state index in [4.69, 9.17) is 10.1 Å². The van der Waals surface area contributed by atoms with Crippen LogP contribution in [-0.2, 0) is 0 Å².